The highest BCUT2D eigenvalue weighted by Gasteiger charge is 2.31. The van der Waals surface area contributed by atoms with Crippen LogP contribution in [0.15, 0.2) is 70.9 Å². The van der Waals surface area contributed by atoms with E-state index < -0.39 is 24.5 Å². The van der Waals surface area contributed by atoms with Crippen molar-refractivity contribution in [2.75, 3.05) is 6.54 Å². The Morgan fingerprint density at radius 3 is 2.33 bits per heavy atom. The first-order chi connectivity index (χ1) is 18.6. The predicted molar refractivity (Wildman–Crippen MR) is 156 cm³/mol. The SMILES string of the molecule is CC1=CC(SC(CCC(F)(F)F)c2ccc(C(=O)NCCC(=O)O)cc2)CC(C)=C1C1C=CC(C(C)(C)C)=CC1. The summed E-state index contributed by atoms with van der Waals surface area (Å²) in [6.45, 7) is 10.9. The molecule has 2 N–H and O–H groups in total. The number of carbonyl (C=O) groups is 2. The lowest BCUT2D eigenvalue weighted by Crippen LogP contribution is -2.25. The van der Waals surface area contributed by atoms with Gasteiger partial charge in [0.15, 0.2) is 0 Å². The number of aliphatic carboxylic acids is 1. The standard InChI is InChI=1S/C32H40F3NO3S/c1-20-18-26(19-21(2)29(20)23-10-12-25(13-11-23)31(3,4)5)40-27(14-16-32(33,34)35)22-6-8-24(9-7-22)30(39)36-17-15-28(37)38/h6-10,12-13,18,23,26-27H,11,14-17,19H2,1-5H3,(H,36,39)(H,37,38). The molecular formula is C32H40F3NO3S. The van der Waals surface area contributed by atoms with E-state index in [-0.39, 0.29) is 35.3 Å². The summed E-state index contributed by atoms with van der Waals surface area (Å²) in [5.41, 5.74) is 6.33. The highest BCUT2D eigenvalue weighted by molar-refractivity contribution is 8.00. The zero-order chi connectivity index (χ0) is 29.7. The topological polar surface area (TPSA) is 66.4 Å². The molecule has 8 heteroatoms. The van der Waals surface area contributed by atoms with Gasteiger partial charge in [0.2, 0.25) is 0 Å². The lowest BCUT2D eigenvalue weighted by Gasteiger charge is -2.32. The van der Waals surface area contributed by atoms with E-state index in [2.05, 4.69) is 64.2 Å². The minimum Gasteiger partial charge on any atom is -0.481 e. The van der Waals surface area contributed by atoms with E-state index in [0.717, 1.165) is 18.4 Å². The molecule has 0 fully saturated rings. The van der Waals surface area contributed by atoms with Crippen molar-refractivity contribution in [2.45, 2.75) is 83.4 Å². The molecule has 1 amide bonds. The number of alkyl halides is 3. The van der Waals surface area contributed by atoms with Crippen LogP contribution in [0.1, 0.15) is 87.9 Å². The number of nitrogens with one attached hydrogen (secondary N) is 1. The molecule has 2 aliphatic carbocycles. The molecule has 218 valence electrons. The van der Waals surface area contributed by atoms with E-state index in [1.54, 1.807) is 36.0 Å². The van der Waals surface area contributed by atoms with Gasteiger partial charge in [-0.3, -0.25) is 9.59 Å². The monoisotopic (exact) mass is 575 g/mol. The Bertz CT molecular complexity index is 1200. The summed E-state index contributed by atoms with van der Waals surface area (Å²) in [5, 5.41) is 10.9. The van der Waals surface area contributed by atoms with E-state index >= 15 is 0 Å². The fourth-order valence-corrected chi connectivity index (χ4v) is 6.94. The van der Waals surface area contributed by atoms with E-state index in [4.69, 9.17) is 5.11 Å². The molecule has 0 bridgehead atoms. The number of amides is 1. The van der Waals surface area contributed by atoms with Crippen LogP contribution in [0.4, 0.5) is 13.2 Å². The van der Waals surface area contributed by atoms with Crippen LogP contribution in [-0.2, 0) is 4.79 Å². The molecule has 0 radical (unpaired) electrons. The average Bonchev–Trinajstić information content (AvgIpc) is 2.85. The van der Waals surface area contributed by atoms with Gasteiger partial charge in [0.1, 0.15) is 0 Å². The maximum absolute atomic E-state index is 13.2. The van der Waals surface area contributed by atoms with Gasteiger partial charge in [0.05, 0.1) is 6.42 Å². The minimum atomic E-state index is -4.25. The van der Waals surface area contributed by atoms with E-state index in [1.165, 1.54) is 22.3 Å². The molecule has 0 aromatic heterocycles. The van der Waals surface area contributed by atoms with Crippen LogP contribution in [0.5, 0.6) is 0 Å². The number of thioether (sulfide) groups is 1. The smallest absolute Gasteiger partial charge is 0.389 e. The maximum atomic E-state index is 13.2. The van der Waals surface area contributed by atoms with Gasteiger partial charge in [0.25, 0.3) is 5.91 Å². The highest BCUT2D eigenvalue weighted by atomic mass is 32.2. The van der Waals surface area contributed by atoms with Gasteiger partial charge < -0.3 is 10.4 Å². The minimum absolute atomic E-state index is 0.00683. The third-order valence-corrected chi connectivity index (χ3v) is 8.85. The maximum Gasteiger partial charge on any atom is 0.389 e. The van der Waals surface area contributed by atoms with Crippen LogP contribution >= 0.6 is 11.8 Å². The summed E-state index contributed by atoms with van der Waals surface area (Å²) in [7, 11) is 0. The number of rotatable bonds is 10. The number of carboxylic acids is 1. The fourth-order valence-electron chi connectivity index (χ4n) is 5.32. The molecule has 0 spiro atoms. The normalized spacial score (nSPS) is 20.6. The second-order valence-electron chi connectivity index (χ2n) is 11.7. The molecule has 3 unspecified atom stereocenters. The molecule has 1 aromatic carbocycles. The third-order valence-electron chi connectivity index (χ3n) is 7.36. The molecule has 0 saturated carbocycles. The Labute approximate surface area is 239 Å². The summed E-state index contributed by atoms with van der Waals surface area (Å²) in [5.74, 6) is -1.11. The summed E-state index contributed by atoms with van der Waals surface area (Å²) in [6, 6.07) is 6.60. The lowest BCUT2D eigenvalue weighted by atomic mass is 9.76. The Morgan fingerprint density at radius 2 is 1.80 bits per heavy atom. The summed E-state index contributed by atoms with van der Waals surface area (Å²) >= 11 is 1.54. The average molecular weight is 576 g/mol. The molecule has 4 nitrogen and oxygen atoms in total. The highest BCUT2D eigenvalue weighted by Crippen LogP contribution is 2.45. The van der Waals surface area contributed by atoms with Gasteiger partial charge in [-0.05, 0) is 67.4 Å². The predicted octanol–water partition coefficient (Wildman–Crippen LogP) is 8.59. The first kappa shape index (κ1) is 31.8. The fraction of sp³-hybridized carbons (Fsp3) is 0.500. The summed E-state index contributed by atoms with van der Waals surface area (Å²) in [4.78, 5) is 23.0. The van der Waals surface area contributed by atoms with Crippen molar-refractivity contribution in [3.63, 3.8) is 0 Å². The largest absolute Gasteiger partial charge is 0.481 e. The second-order valence-corrected chi connectivity index (χ2v) is 13.1. The van der Waals surface area contributed by atoms with E-state index in [9.17, 15) is 22.8 Å². The Kier molecular flexibility index (Phi) is 10.6. The molecule has 0 saturated heterocycles. The van der Waals surface area contributed by atoms with Crippen LogP contribution in [0.2, 0.25) is 0 Å². The molecular weight excluding hydrogens is 535 g/mol. The molecule has 0 aliphatic heterocycles. The third kappa shape index (κ3) is 9.15. The molecule has 0 heterocycles. The molecule has 1 aromatic rings. The number of carbonyl (C=O) groups excluding carboxylic acids is 1. The van der Waals surface area contributed by atoms with Crippen LogP contribution in [0.25, 0.3) is 0 Å². The van der Waals surface area contributed by atoms with Gasteiger partial charge in [-0.25, -0.2) is 0 Å². The van der Waals surface area contributed by atoms with Crippen molar-refractivity contribution < 1.29 is 27.9 Å². The molecule has 3 rings (SSSR count). The van der Waals surface area contributed by atoms with Gasteiger partial charge in [-0.15, -0.1) is 11.8 Å². The Hall–Kier alpha value is -2.74. The molecule has 40 heavy (non-hydrogen) atoms. The number of hydrogen-bond donors (Lipinski definition) is 2. The van der Waals surface area contributed by atoms with Gasteiger partial charge in [-0.2, -0.15) is 13.2 Å². The number of carboxylic acid groups (broad SMARTS) is 1. The summed E-state index contributed by atoms with van der Waals surface area (Å²) in [6.07, 6.45) is 5.40. The summed E-state index contributed by atoms with van der Waals surface area (Å²) < 4.78 is 39.6. The Balaban J connectivity index is 1.72. The first-order valence-electron chi connectivity index (χ1n) is 13.7. The van der Waals surface area contributed by atoms with Crippen LogP contribution in [-0.4, -0.2) is 35.0 Å². The Morgan fingerprint density at radius 1 is 1.12 bits per heavy atom. The van der Waals surface area contributed by atoms with Crippen LogP contribution in [0.3, 0.4) is 0 Å². The van der Waals surface area contributed by atoms with Crippen molar-refractivity contribution in [1.82, 2.24) is 5.32 Å². The van der Waals surface area contributed by atoms with Crippen molar-refractivity contribution in [2.24, 2.45) is 11.3 Å². The number of allylic oxidation sites excluding steroid dienone is 7. The quantitative estimate of drug-likeness (QED) is 0.293. The molecule has 3 atom stereocenters. The van der Waals surface area contributed by atoms with E-state index in [1.807, 2.05) is 0 Å². The number of benzene rings is 1. The van der Waals surface area contributed by atoms with Crippen molar-refractivity contribution in [3.8, 4) is 0 Å². The van der Waals surface area contributed by atoms with Gasteiger partial charge in [0, 0.05) is 34.9 Å². The van der Waals surface area contributed by atoms with Crippen molar-refractivity contribution in [1.29, 1.82) is 0 Å². The zero-order valence-corrected chi connectivity index (χ0v) is 24.7. The second kappa shape index (κ2) is 13.3. The van der Waals surface area contributed by atoms with Gasteiger partial charge >= 0.3 is 12.1 Å². The van der Waals surface area contributed by atoms with Crippen molar-refractivity contribution in [3.05, 3.63) is 82.0 Å². The zero-order valence-electron chi connectivity index (χ0n) is 23.9. The van der Waals surface area contributed by atoms with Gasteiger partial charge in [-0.1, -0.05) is 68.4 Å². The van der Waals surface area contributed by atoms with E-state index in [0.29, 0.717) is 11.5 Å². The van der Waals surface area contributed by atoms with Crippen molar-refractivity contribution >= 4 is 23.6 Å². The molecule has 2 aliphatic rings. The first-order valence-corrected chi connectivity index (χ1v) is 14.7. The van der Waals surface area contributed by atoms with Crippen LogP contribution < -0.4 is 5.32 Å². The van der Waals surface area contributed by atoms with Crippen LogP contribution in [0, 0.1) is 11.3 Å². The number of hydrogen-bond acceptors (Lipinski definition) is 3. The number of halogens is 3. The lowest BCUT2D eigenvalue weighted by molar-refractivity contribution is -0.137.